The van der Waals surface area contributed by atoms with Gasteiger partial charge in [0.1, 0.15) is 11.6 Å². The minimum absolute atomic E-state index is 0. The molecule has 5 nitrogen and oxygen atoms in total. The van der Waals surface area contributed by atoms with Crippen molar-refractivity contribution in [2.45, 2.75) is 33.7 Å². The summed E-state index contributed by atoms with van der Waals surface area (Å²) in [7, 11) is 0. The zero-order valence-corrected chi connectivity index (χ0v) is 13.4. The molecular weight excluding hydrogens is 296 g/mol. The number of thiazole rings is 1. The number of anilines is 1. The highest BCUT2D eigenvalue weighted by molar-refractivity contribution is 7.11. The summed E-state index contributed by atoms with van der Waals surface area (Å²) in [5.41, 5.74) is 8.04. The van der Waals surface area contributed by atoms with Crippen LogP contribution in [0.25, 0.3) is 0 Å². The van der Waals surface area contributed by atoms with Crippen molar-refractivity contribution in [3.63, 3.8) is 0 Å². The lowest BCUT2D eigenvalue weighted by Crippen LogP contribution is -3.00. The number of rotatable bonds is 4. The van der Waals surface area contributed by atoms with E-state index in [-0.39, 0.29) is 19.0 Å². The fourth-order valence-corrected chi connectivity index (χ4v) is 3.18. The van der Waals surface area contributed by atoms with Crippen LogP contribution in [-0.4, -0.2) is 21.7 Å². The maximum atomic E-state index is 9.07. The van der Waals surface area contributed by atoms with Gasteiger partial charge in [0.15, 0.2) is 12.2 Å². The average Bonchev–Trinajstić information content (AvgIpc) is 2.60. The van der Waals surface area contributed by atoms with Crippen LogP contribution in [0.3, 0.4) is 0 Å². The van der Waals surface area contributed by atoms with Crippen molar-refractivity contribution < 1.29 is 22.1 Å². The molecule has 0 atom stereocenters. The van der Waals surface area contributed by atoms with Crippen molar-refractivity contribution in [1.82, 2.24) is 9.97 Å². The van der Waals surface area contributed by atoms with Crippen molar-refractivity contribution in [3.8, 4) is 0 Å². The Morgan fingerprint density at radius 1 is 1.35 bits per heavy atom. The molecular formula is C13H19ClN4OS. The molecule has 0 fully saturated rings. The maximum absolute atomic E-state index is 9.07. The molecule has 0 saturated heterocycles. The lowest BCUT2D eigenvalue weighted by Gasteiger charge is -2.03. The van der Waals surface area contributed by atoms with Crippen LogP contribution in [0.2, 0.25) is 0 Å². The van der Waals surface area contributed by atoms with Gasteiger partial charge in [-0.3, -0.25) is 0 Å². The predicted molar refractivity (Wildman–Crippen MR) is 75.1 cm³/mol. The Labute approximate surface area is 128 Å². The first-order valence-electron chi connectivity index (χ1n) is 6.20. The molecule has 0 amide bonds. The van der Waals surface area contributed by atoms with Crippen LogP contribution in [0.4, 0.5) is 5.82 Å². The number of aryl methyl sites for hydroxylation is 2. The monoisotopic (exact) mass is 314 g/mol. The molecule has 3 N–H and O–H groups in total. The summed E-state index contributed by atoms with van der Waals surface area (Å²) in [5, 5.41) is 10.3. The van der Waals surface area contributed by atoms with Crippen molar-refractivity contribution in [1.29, 1.82) is 0 Å². The average molecular weight is 315 g/mol. The van der Waals surface area contributed by atoms with Crippen LogP contribution in [0.1, 0.15) is 27.0 Å². The third-order valence-corrected chi connectivity index (χ3v) is 4.41. The summed E-state index contributed by atoms with van der Waals surface area (Å²) in [6.07, 6.45) is 2.48. The van der Waals surface area contributed by atoms with Crippen LogP contribution < -0.4 is 22.7 Å². The van der Waals surface area contributed by atoms with E-state index in [1.807, 2.05) is 6.92 Å². The largest absolute Gasteiger partial charge is 1.00 e. The molecule has 0 saturated carbocycles. The van der Waals surface area contributed by atoms with E-state index in [0.717, 1.165) is 5.56 Å². The smallest absolute Gasteiger partial charge is 0.234 e. The molecule has 0 aliphatic carbocycles. The quantitative estimate of drug-likeness (QED) is 0.635. The standard InChI is InChI=1S/C13H19N4OS.ClH/c1-8-12(4-5-18)19-10(3)17(8)7-11-6-15-9(2)16-13(11)14;/h6,18H,4-5,7H2,1-3H3,(H2,14,15,16);1H/q+1;/p-1. The molecule has 0 aliphatic rings. The van der Waals surface area contributed by atoms with Gasteiger partial charge in [-0.05, 0) is 6.92 Å². The highest BCUT2D eigenvalue weighted by Crippen LogP contribution is 2.17. The maximum Gasteiger partial charge on any atom is 0.234 e. The van der Waals surface area contributed by atoms with Gasteiger partial charge in [0.05, 0.1) is 10.4 Å². The van der Waals surface area contributed by atoms with Crippen molar-refractivity contribution in [2.75, 3.05) is 12.3 Å². The van der Waals surface area contributed by atoms with Gasteiger partial charge < -0.3 is 23.2 Å². The van der Waals surface area contributed by atoms with Gasteiger partial charge in [-0.25, -0.2) is 9.97 Å². The molecule has 2 aromatic heterocycles. The minimum Gasteiger partial charge on any atom is -1.00 e. The number of hydrogen-bond donors (Lipinski definition) is 2. The Kier molecular flexibility index (Phi) is 5.86. The third kappa shape index (κ3) is 3.45. The van der Waals surface area contributed by atoms with Gasteiger partial charge in [0.2, 0.25) is 5.01 Å². The Hall–Kier alpha value is -1.24. The molecule has 0 radical (unpaired) electrons. The molecule has 0 aliphatic heterocycles. The summed E-state index contributed by atoms with van der Waals surface area (Å²) in [4.78, 5) is 9.60. The second-order valence-electron chi connectivity index (χ2n) is 4.52. The normalized spacial score (nSPS) is 10.4. The number of halogens is 1. The van der Waals surface area contributed by atoms with E-state index in [4.69, 9.17) is 10.8 Å². The summed E-state index contributed by atoms with van der Waals surface area (Å²) in [5.74, 6) is 1.22. The lowest BCUT2D eigenvalue weighted by atomic mass is 10.2. The van der Waals surface area contributed by atoms with Crippen LogP contribution in [0.15, 0.2) is 6.20 Å². The van der Waals surface area contributed by atoms with Crippen molar-refractivity contribution in [2.24, 2.45) is 0 Å². The summed E-state index contributed by atoms with van der Waals surface area (Å²) >= 11 is 1.72. The first-order valence-corrected chi connectivity index (χ1v) is 7.02. The van der Waals surface area contributed by atoms with Gasteiger partial charge in [-0.1, -0.05) is 11.3 Å². The fraction of sp³-hybridized carbons (Fsp3) is 0.462. The molecule has 2 rings (SSSR count). The van der Waals surface area contributed by atoms with Crippen LogP contribution >= 0.6 is 11.3 Å². The SMILES string of the molecule is Cc1ncc(C[n+]2c(C)sc(CCO)c2C)c(N)n1.[Cl-]. The molecule has 7 heteroatoms. The van der Waals surface area contributed by atoms with Crippen LogP contribution in [0, 0.1) is 20.8 Å². The molecule has 0 aromatic carbocycles. The highest BCUT2D eigenvalue weighted by atomic mass is 35.5. The molecule has 110 valence electrons. The summed E-state index contributed by atoms with van der Waals surface area (Å²) in [6.45, 7) is 6.82. The Bertz CT molecular complexity index is 600. The number of nitrogens with two attached hydrogens (primary N) is 1. The number of nitrogen functional groups attached to an aromatic ring is 1. The lowest BCUT2D eigenvalue weighted by molar-refractivity contribution is -0.695. The van der Waals surface area contributed by atoms with Gasteiger partial charge in [0, 0.05) is 33.1 Å². The zero-order valence-electron chi connectivity index (χ0n) is 11.9. The van der Waals surface area contributed by atoms with Gasteiger partial charge in [-0.2, -0.15) is 4.57 Å². The van der Waals surface area contributed by atoms with E-state index in [1.54, 1.807) is 17.5 Å². The van der Waals surface area contributed by atoms with Gasteiger partial charge in [-0.15, -0.1) is 0 Å². The third-order valence-electron chi connectivity index (χ3n) is 3.15. The van der Waals surface area contributed by atoms with Gasteiger partial charge >= 0.3 is 0 Å². The van der Waals surface area contributed by atoms with Crippen molar-refractivity contribution in [3.05, 3.63) is 33.2 Å². The second-order valence-corrected chi connectivity index (χ2v) is 5.80. The topological polar surface area (TPSA) is 75.9 Å². The number of aliphatic hydroxyl groups is 1. The second kappa shape index (κ2) is 6.97. The summed E-state index contributed by atoms with van der Waals surface area (Å²) in [6, 6.07) is 0. The van der Waals surface area contributed by atoms with E-state index in [0.29, 0.717) is 24.6 Å². The Balaban J connectivity index is 0.00000200. The minimum atomic E-state index is 0. The Morgan fingerprint density at radius 3 is 2.65 bits per heavy atom. The molecule has 0 bridgehead atoms. The molecule has 0 spiro atoms. The summed E-state index contributed by atoms with van der Waals surface area (Å²) < 4.78 is 2.19. The highest BCUT2D eigenvalue weighted by Gasteiger charge is 2.21. The van der Waals surface area contributed by atoms with Gasteiger partial charge in [0.25, 0.3) is 0 Å². The number of hydrogen-bond acceptors (Lipinski definition) is 5. The van der Waals surface area contributed by atoms with Crippen LogP contribution in [0.5, 0.6) is 0 Å². The Morgan fingerprint density at radius 2 is 2.05 bits per heavy atom. The number of nitrogens with zero attached hydrogens (tertiary/aromatic N) is 3. The first kappa shape index (κ1) is 16.8. The van der Waals surface area contributed by atoms with Crippen LogP contribution in [-0.2, 0) is 13.0 Å². The fourth-order valence-electron chi connectivity index (χ4n) is 2.06. The molecule has 2 heterocycles. The van der Waals surface area contributed by atoms with E-state index in [1.165, 1.54) is 15.6 Å². The molecule has 20 heavy (non-hydrogen) atoms. The molecule has 0 unspecified atom stereocenters. The first-order chi connectivity index (χ1) is 9.02. The number of aromatic nitrogens is 3. The van der Waals surface area contributed by atoms with E-state index >= 15 is 0 Å². The predicted octanol–water partition coefficient (Wildman–Crippen LogP) is -2.08. The van der Waals surface area contributed by atoms with E-state index < -0.39 is 0 Å². The van der Waals surface area contributed by atoms with Crippen molar-refractivity contribution >= 4 is 17.2 Å². The number of aliphatic hydroxyl groups excluding tert-OH is 1. The van der Waals surface area contributed by atoms with E-state index in [9.17, 15) is 0 Å². The zero-order chi connectivity index (χ0) is 14.0. The van der Waals surface area contributed by atoms with E-state index in [2.05, 4.69) is 28.4 Å². The molecule has 2 aromatic rings.